The Hall–Kier alpha value is -4.09. The SMILES string of the molecule is CCCCc1nc(Cl)c(C(=O)OCC(=O)N(CC)CC)n1Cc1cccc2c1ccn2-c1ccccc1C#N. The molecule has 2 aromatic carbocycles. The number of likely N-dealkylation sites (N-methyl/N-ethyl adjacent to an activating group) is 1. The van der Waals surface area contributed by atoms with Crippen LogP contribution in [0.25, 0.3) is 16.6 Å². The number of rotatable bonds is 11. The molecule has 0 fully saturated rings. The minimum absolute atomic E-state index is 0.0640. The topological polar surface area (TPSA) is 93.2 Å². The average Bonchev–Trinajstić information content (AvgIpc) is 3.52. The molecule has 8 nitrogen and oxygen atoms in total. The molecule has 0 spiro atoms. The fourth-order valence-corrected chi connectivity index (χ4v) is 5.03. The molecule has 0 atom stereocenters. The molecule has 2 aromatic heterocycles. The zero-order chi connectivity index (χ0) is 27.9. The third kappa shape index (κ3) is 5.84. The van der Waals surface area contributed by atoms with Crippen LogP contribution < -0.4 is 0 Å². The molecular formula is C30H32ClN5O3. The number of nitriles is 1. The van der Waals surface area contributed by atoms with E-state index in [1.165, 1.54) is 0 Å². The molecule has 4 aromatic rings. The smallest absolute Gasteiger partial charge is 0.358 e. The summed E-state index contributed by atoms with van der Waals surface area (Å²) in [5.74, 6) is -0.246. The number of amides is 1. The van der Waals surface area contributed by atoms with Gasteiger partial charge in [0.25, 0.3) is 5.91 Å². The molecule has 0 aliphatic rings. The van der Waals surface area contributed by atoms with E-state index in [9.17, 15) is 14.9 Å². The van der Waals surface area contributed by atoms with Gasteiger partial charge >= 0.3 is 5.97 Å². The van der Waals surface area contributed by atoms with Crippen LogP contribution in [-0.2, 0) is 22.5 Å². The Labute approximate surface area is 233 Å². The summed E-state index contributed by atoms with van der Waals surface area (Å²) in [7, 11) is 0. The van der Waals surface area contributed by atoms with Gasteiger partial charge in [0.05, 0.1) is 23.3 Å². The lowest BCUT2D eigenvalue weighted by Crippen LogP contribution is -2.34. The van der Waals surface area contributed by atoms with Crippen molar-refractivity contribution >= 4 is 34.4 Å². The van der Waals surface area contributed by atoms with Gasteiger partial charge in [-0.3, -0.25) is 4.79 Å². The van der Waals surface area contributed by atoms with Crippen molar-refractivity contribution < 1.29 is 14.3 Å². The Bertz CT molecular complexity index is 1530. The number of benzene rings is 2. The van der Waals surface area contributed by atoms with Crippen LogP contribution in [-0.4, -0.2) is 50.6 Å². The first-order valence-corrected chi connectivity index (χ1v) is 13.6. The highest BCUT2D eigenvalue weighted by Crippen LogP contribution is 2.28. The summed E-state index contributed by atoms with van der Waals surface area (Å²) < 4.78 is 9.21. The summed E-state index contributed by atoms with van der Waals surface area (Å²) in [5.41, 5.74) is 3.41. The predicted molar refractivity (Wildman–Crippen MR) is 151 cm³/mol. The van der Waals surface area contributed by atoms with E-state index in [-0.39, 0.29) is 23.4 Å². The van der Waals surface area contributed by atoms with E-state index in [0.717, 1.165) is 35.0 Å². The first-order valence-electron chi connectivity index (χ1n) is 13.2. The summed E-state index contributed by atoms with van der Waals surface area (Å²) in [5, 5.41) is 10.7. The molecule has 9 heteroatoms. The second kappa shape index (κ2) is 12.6. The van der Waals surface area contributed by atoms with Crippen molar-refractivity contribution in [3.8, 4) is 11.8 Å². The van der Waals surface area contributed by atoms with Gasteiger partial charge in [-0.25, -0.2) is 9.78 Å². The van der Waals surface area contributed by atoms with E-state index in [1.54, 1.807) is 15.5 Å². The van der Waals surface area contributed by atoms with Crippen LogP contribution in [0.1, 0.15) is 61.1 Å². The van der Waals surface area contributed by atoms with E-state index in [4.69, 9.17) is 16.3 Å². The highest BCUT2D eigenvalue weighted by Gasteiger charge is 2.25. The fourth-order valence-electron chi connectivity index (χ4n) is 4.75. The lowest BCUT2D eigenvalue weighted by molar-refractivity contribution is -0.134. The molecule has 0 N–H and O–H groups in total. The Morgan fingerprint density at radius 1 is 1.08 bits per heavy atom. The quantitative estimate of drug-likeness (QED) is 0.223. The molecule has 0 unspecified atom stereocenters. The number of nitrogens with zero attached hydrogens (tertiary/aromatic N) is 5. The molecule has 0 radical (unpaired) electrons. The minimum atomic E-state index is -0.677. The molecule has 0 saturated heterocycles. The number of carbonyl (C=O) groups is 2. The molecular weight excluding hydrogens is 514 g/mol. The van der Waals surface area contributed by atoms with E-state index in [2.05, 4.69) is 18.0 Å². The Morgan fingerprint density at radius 2 is 1.85 bits per heavy atom. The molecule has 1 amide bonds. The largest absolute Gasteiger partial charge is 0.451 e. The number of fused-ring (bicyclic) bond motifs is 1. The van der Waals surface area contributed by atoms with Gasteiger partial charge in [0, 0.05) is 31.1 Å². The van der Waals surface area contributed by atoms with Gasteiger partial charge in [-0.15, -0.1) is 0 Å². The number of para-hydroxylation sites is 1. The third-order valence-electron chi connectivity index (χ3n) is 6.83. The van der Waals surface area contributed by atoms with Crippen molar-refractivity contribution in [1.29, 1.82) is 5.26 Å². The van der Waals surface area contributed by atoms with Crippen LogP contribution >= 0.6 is 11.6 Å². The highest BCUT2D eigenvalue weighted by atomic mass is 35.5. The fraction of sp³-hybridized carbons (Fsp3) is 0.333. The molecule has 0 aliphatic carbocycles. The van der Waals surface area contributed by atoms with Gasteiger partial charge in [0.1, 0.15) is 11.9 Å². The number of aryl methyl sites for hydroxylation is 1. The number of aromatic nitrogens is 3. The first kappa shape index (κ1) is 27.9. The number of hydrogen-bond donors (Lipinski definition) is 0. The zero-order valence-corrected chi connectivity index (χ0v) is 23.2. The first-order chi connectivity index (χ1) is 18.9. The van der Waals surface area contributed by atoms with Crippen LogP contribution in [0.5, 0.6) is 0 Å². The highest BCUT2D eigenvalue weighted by molar-refractivity contribution is 6.32. The predicted octanol–water partition coefficient (Wildman–Crippen LogP) is 5.77. The molecule has 0 bridgehead atoms. The summed E-state index contributed by atoms with van der Waals surface area (Å²) in [6.07, 6.45) is 4.43. The van der Waals surface area contributed by atoms with Gasteiger partial charge in [-0.2, -0.15) is 5.26 Å². The van der Waals surface area contributed by atoms with E-state index >= 15 is 0 Å². The Balaban J connectivity index is 1.71. The van der Waals surface area contributed by atoms with Gasteiger partial charge in [-0.1, -0.05) is 49.2 Å². The standard InChI is InChI=1S/C30H32ClN5O3/c1-4-7-15-26-33-29(31)28(30(38)39-20-27(37)34(5-2)6-3)36(26)19-22-12-10-14-25-23(22)16-17-35(25)24-13-9-8-11-21(24)18-32/h8-14,16-17H,4-7,15,19-20H2,1-3H3. The Morgan fingerprint density at radius 3 is 2.56 bits per heavy atom. The summed E-state index contributed by atoms with van der Waals surface area (Å²) in [4.78, 5) is 31.8. The average molecular weight is 546 g/mol. The van der Waals surface area contributed by atoms with E-state index in [0.29, 0.717) is 37.4 Å². The van der Waals surface area contributed by atoms with Crippen LogP contribution in [0.15, 0.2) is 54.7 Å². The number of carbonyl (C=O) groups excluding carboxylic acids is 2. The molecule has 2 heterocycles. The minimum Gasteiger partial charge on any atom is -0.451 e. The summed E-state index contributed by atoms with van der Waals surface area (Å²) in [6.45, 7) is 6.90. The van der Waals surface area contributed by atoms with Crippen LogP contribution in [0, 0.1) is 11.3 Å². The molecule has 0 saturated carbocycles. The third-order valence-corrected chi connectivity index (χ3v) is 7.09. The maximum absolute atomic E-state index is 13.2. The molecule has 39 heavy (non-hydrogen) atoms. The van der Waals surface area contributed by atoms with Crippen LogP contribution in [0.4, 0.5) is 0 Å². The summed E-state index contributed by atoms with van der Waals surface area (Å²) >= 11 is 6.50. The lowest BCUT2D eigenvalue weighted by Gasteiger charge is -2.18. The summed E-state index contributed by atoms with van der Waals surface area (Å²) in [6, 6.07) is 17.7. The van der Waals surface area contributed by atoms with E-state index in [1.807, 2.05) is 67.1 Å². The van der Waals surface area contributed by atoms with Crippen molar-refractivity contribution in [3.63, 3.8) is 0 Å². The normalized spacial score (nSPS) is 10.9. The number of imidazole rings is 1. The van der Waals surface area contributed by atoms with Crippen LogP contribution in [0.3, 0.4) is 0 Å². The maximum atomic E-state index is 13.2. The van der Waals surface area contributed by atoms with Crippen LogP contribution in [0.2, 0.25) is 5.15 Å². The molecule has 202 valence electrons. The monoisotopic (exact) mass is 545 g/mol. The number of unbranched alkanes of at least 4 members (excludes halogenated alkanes) is 1. The van der Waals surface area contributed by atoms with E-state index < -0.39 is 5.97 Å². The van der Waals surface area contributed by atoms with Crippen molar-refractivity contribution in [2.45, 2.75) is 46.6 Å². The molecule has 0 aliphatic heterocycles. The number of hydrogen-bond acceptors (Lipinski definition) is 5. The number of esters is 1. The molecule has 4 rings (SSSR count). The van der Waals surface area contributed by atoms with Gasteiger partial charge in [0.15, 0.2) is 17.5 Å². The zero-order valence-electron chi connectivity index (χ0n) is 22.5. The lowest BCUT2D eigenvalue weighted by atomic mass is 10.1. The van der Waals surface area contributed by atoms with Gasteiger partial charge in [-0.05, 0) is 50.1 Å². The maximum Gasteiger partial charge on any atom is 0.358 e. The second-order valence-corrected chi connectivity index (χ2v) is 9.52. The van der Waals surface area contributed by atoms with Crippen molar-refractivity contribution in [2.75, 3.05) is 19.7 Å². The van der Waals surface area contributed by atoms with Crippen molar-refractivity contribution in [1.82, 2.24) is 19.0 Å². The van der Waals surface area contributed by atoms with Gasteiger partial charge in [0.2, 0.25) is 0 Å². The van der Waals surface area contributed by atoms with Crippen molar-refractivity contribution in [3.05, 3.63) is 82.5 Å². The van der Waals surface area contributed by atoms with Crippen molar-refractivity contribution in [2.24, 2.45) is 0 Å². The van der Waals surface area contributed by atoms with Gasteiger partial charge < -0.3 is 18.8 Å². The number of ether oxygens (including phenoxy) is 1. The Kier molecular flexibility index (Phi) is 9.05. The number of halogens is 1. The second-order valence-electron chi connectivity index (χ2n) is 9.16.